The minimum absolute atomic E-state index is 0.304. The van der Waals surface area contributed by atoms with Crippen molar-refractivity contribution in [2.24, 2.45) is 46.3 Å². The summed E-state index contributed by atoms with van der Waals surface area (Å²) in [6, 6.07) is 0. The van der Waals surface area contributed by atoms with Crippen molar-refractivity contribution in [2.75, 3.05) is 0 Å². The molecule has 2 heteroatoms. The Morgan fingerprint density at radius 1 is 0.971 bits per heavy atom. The van der Waals surface area contributed by atoms with E-state index < -0.39 is 8.32 Å². The van der Waals surface area contributed by atoms with Crippen LogP contribution in [0.3, 0.4) is 0 Å². The monoisotopic (exact) mass is 500 g/mol. The second kappa shape index (κ2) is 9.90. The van der Waals surface area contributed by atoms with Crippen molar-refractivity contribution in [1.82, 2.24) is 0 Å². The molecule has 4 rings (SSSR count). The van der Waals surface area contributed by atoms with Gasteiger partial charge in [-0.15, -0.1) is 0 Å². The van der Waals surface area contributed by atoms with E-state index in [1.165, 1.54) is 70.6 Å². The van der Waals surface area contributed by atoms with Gasteiger partial charge in [-0.3, -0.25) is 0 Å². The van der Waals surface area contributed by atoms with Gasteiger partial charge in [-0.05, 0) is 116 Å². The topological polar surface area (TPSA) is 9.23 Å². The fourth-order valence-corrected chi connectivity index (χ4v) is 10.7. The van der Waals surface area contributed by atoms with Gasteiger partial charge in [0.25, 0.3) is 0 Å². The van der Waals surface area contributed by atoms with Crippen molar-refractivity contribution in [3.05, 3.63) is 11.6 Å². The average Bonchev–Trinajstić information content (AvgIpc) is 3.10. The van der Waals surface area contributed by atoms with Crippen molar-refractivity contribution in [3.8, 4) is 0 Å². The number of fused-ring (bicyclic) bond motifs is 5. The summed E-state index contributed by atoms with van der Waals surface area (Å²) in [5.41, 5.74) is 2.83. The van der Waals surface area contributed by atoms with E-state index in [-0.39, 0.29) is 0 Å². The van der Waals surface area contributed by atoms with Crippen LogP contribution in [0, 0.1) is 46.3 Å². The molecule has 35 heavy (non-hydrogen) atoms. The molecule has 202 valence electrons. The first-order valence-corrected chi connectivity index (χ1v) is 18.5. The van der Waals surface area contributed by atoms with Crippen LogP contribution < -0.4 is 0 Å². The minimum Gasteiger partial charge on any atom is -0.414 e. The fourth-order valence-electron chi connectivity index (χ4n) is 9.35. The molecule has 4 aliphatic carbocycles. The third-order valence-corrected chi connectivity index (χ3v) is 17.1. The van der Waals surface area contributed by atoms with E-state index in [0.29, 0.717) is 22.0 Å². The second-order valence-corrected chi connectivity index (χ2v) is 20.8. The summed E-state index contributed by atoms with van der Waals surface area (Å²) in [5, 5.41) is 0.304. The average molecular weight is 501 g/mol. The van der Waals surface area contributed by atoms with Crippen LogP contribution in [0.5, 0.6) is 0 Å². The summed E-state index contributed by atoms with van der Waals surface area (Å²) in [6.07, 6.45) is 18.7. The van der Waals surface area contributed by atoms with Gasteiger partial charge in [0.1, 0.15) is 0 Å². The van der Waals surface area contributed by atoms with E-state index in [0.717, 1.165) is 35.5 Å². The molecule has 0 aromatic heterocycles. The van der Waals surface area contributed by atoms with Crippen LogP contribution in [0.1, 0.15) is 126 Å². The molecule has 3 saturated carbocycles. The smallest absolute Gasteiger partial charge is 0.192 e. The molecule has 0 aliphatic heterocycles. The van der Waals surface area contributed by atoms with Crippen molar-refractivity contribution in [1.29, 1.82) is 0 Å². The lowest BCUT2D eigenvalue weighted by molar-refractivity contribution is -0.0565. The fraction of sp³-hybridized carbons (Fsp3) is 0.939. The lowest BCUT2D eigenvalue weighted by Gasteiger charge is -2.59. The Bertz CT molecular complexity index is 774. The molecule has 0 aromatic carbocycles. The Morgan fingerprint density at radius 2 is 1.69 bits per heavy atom. The zero-order chi connectivity index (χ0) is 25.8. The zero-order valence-corrected chi connectivity index (χ0v) is 26.3. The first-order valence-electron chi connectivity index (χ1n) is 15.6. The summed E-state index contributed by atoms with van der Waals surface area (Å²) in [5.74, 6) is 5.56. The molecule has 1 unspecified atom stereocenters. The van der Waals surface area contributed by atoms with Crippen molar-refractivity contribution >= 4 is 8.32 Å². The Kier molecular flexibility index (Phi) is 7.91. The molecule has 0 N–H and O–H groups in total. The number of allylic oxidation sites excluding steroid dienone is 1. The van der Waals surface area contributed by atoms with Gasteiger partial charge in [0.15, 0.2) is 8.32 Å². The second-order valence-electron chi connectivity index (χ2n) is 16.0. The molecule has 0 heterocycles. The maximum atomic E-state index is 6.94. The lowest BCUT2D eigenvalue weighted by atomic mass is 9.47. The zero-order valence-electron chi connectivity index (χ0n) is 25.3. The van der Waals surface area contributed by atoms with E-state index >= 15 is 0 Å². The molecule has 0 amide bonds. The third-order valence-electron chi connectivity index (χ3n) is 12.5. The highest BCUT2D eigenvalue weighted by atomic mass is 28.4. The maximum Gasteiger partial charge on any atom is 0.192 e. The molecule has 8 atom stereocenters. The standard InChI is InChI=1S/C33H60OSi/c1-23(2)12-11-13-24(3)28-16-17-29-27-15-14-25-22-26(34-35(9,10)31(4,5)6)18-20-32(25,7)30(27)19-21-33(28,29)8/h14,23-24,26-30H,11-13,15-22H2,1-10H3/t24-,26+,27+,28-,29?,30+,32+,33-/m1/s1. The molecule has 0 saturated heterocycles. The van der Waals surface area contributed by atoms with Gasteiger partial charge in [0.2, 0.25) is 0 Å². The summed E-state index contributed by atoms with van der Waals surface area (Å²) in [4.78, 5) is 0. The largest absolute Gasteiger partial charge is 0.414 e. The Labute approximate surface area is 220 Å². The Balaban J connectivity index is 1.45. The van der Waals surface area contributed by atoms with Crippen molar-refractivity contribution in [2.45, 2.75) is 150 Å². The van der Waals surface area contributed by atoms with Crippen LogP contribution in [0.2, 0.25) is 18.1 Å². The Hall–Kier alpha value is -0.0831. The normalized spacial score (nSPS) is 40.7. The number of hydrogen-bond acceptors (Lipinski definition) is 1. The van der Waals surface area contributed by atoms with Crippen LogP contribution in [0.25, 0.3) is 0 Å². The molecular weight excluding hydrogens is 440 g/mol. The van der Waals surface area contributed by atoms with E-state index in [1.807, 2.05) is 0 Å². The van der Waals surface area contributed by atoms with Crippen molar-refractivity contribution < 1.29 is 4.43 Å². The van der Waals surface area contributed by atoms with Crippen molar-refractivity contribution in [3.63, 3.8) is 0 Å². The first kappa shape index (κ1) is 27.9. The number of hydrogen-bond donors (Lipinski definition) is 0. The quantitative estimate of drug-likeness (QED) is 0.249. The highest BCUT2D eigenvalue weighted by Crippen LogP contribution is 2.67. The minimum atomic E-state index is -1.70. The summed E-state index contributed by atoms with van der Waals surface area (Å²) >= 11 is 0. The van der Waals surface area contributed by atoms with E-state index in [4.69, 9.17) is 4.43 Å². The van der Waals surface area contributed by atoms with E-state index in [9.17, 15) is 0 Å². The lowest BCUT2D eigenvalue weighted by Crippen LogP contribution is -2.52. The van der Waals surface area contributed by atoms with Crippen LogP contribution in [0.15, 0.2) is 11.6 Å². The Morgan fingerprint density at radius 3 is 2.34 bits per heavy atom. The maximum absolute atomic E-state index is 6.94. The molecular formula is C33H60OSi. The van der Waals surface area contributed by atoms with Gasteiger partial charge in [-0.1, -0.05) is 86.3 Å². The molecule has 1 nitrogen and oxygen atoms in total. The summed E-state index contributed by atoms with van der Waals surface area (Å²) in [6.45, 7) is 24.8. The third kappa shape index (κ3) is 5.15. The number of rotatable bonds is 7. The highest BCUT2D eigenvalue weighted by Gasteiger charge is 2.59. The molecule has 3 fully saturated rings. The predicted octanol–water partition coefficient (Wildman–Crippen LogP) is 10.4. The summed E-state index contributed by atoms with van der Waals surface area (Å²) < 4.78 is 6.94. The van der Waals surface area contributed by atoms with E-state index in [1.54, 1.807) is 5.57 Å². The van der Waals surface area contributed by atoms with Crippen LogP contribution in [-0.2, 0) is 4.43 Å². The molecule has 0 radical (unpaired) electrons. The molecule has 0 bridgehead atoms. The van der Waals surface area contributed by atoms with Crippen LogP contribution >= 0.6 is 0 Å². The van der Waals surface area contributed by atoms with Gasteiger partial charge in [-0.25, -0.2) is 0 Å². The molecule has 0 spiro atoms. The van der Waals surface area contributed by atoms with Crippen LogP contribution in [0.4, 0.5) is 0 Å². The van der Waals surface area contributed by atoms with Gasteiger partial charge < -0.3 is 4.43 Å². The van der Waals surface area contributed by atoms with Gasteiger partial charge in [0, 0.05) is 6.10 Å². The van der Waals surface area contributed by atoms with Gasteiger partial charge in [-0.2, -0.15) is 0 Å². The highest BCUT2D eigenvalue weighted by molar-refractivity contribution is 6.74. The van der Waals surface area contributed by atoms with Crippen LogP contribution in [-0.4, -0.2) is 14.4 Å². The molecule has 4 aliphatic rings. The van der Waals surface area contributed by atoms with Gasteiger partial charge >= 0.3 is 0 Å². The SMILES string of the molecule is CC(C)CCC[C@@H](C)[C@H]1CCC2[C@@H]3CC=C4C[C@@H](O[Si](C)(C)C(C)(C)C)CC[C@]4(C)[C@H]3CC[C@@]21C. The first-order chi connectivity index (χ1) is 16.2. The van der Waals surface area contributed by atoms with Gasteiger partial charge in [0.05, 0.1) is 0 Å². The van der Waals surface area contributed by atoms with E-state index in [2.05, 4.69) is 74.6 Å². The predicted molar refractivity (Wildman–Crippen MR) is 155 cm³/mol. The summed E-state index contributed by atoms with van der Waals surface area (Å²) in [7, 11) is -1.70. The molecule has 0 aromatic rings.